The van der Waals surface area contributed by atoms with Crippen LogP contribution >= 0.6 is 11.6 Å². The Kier molecular flexibility index (Phi) is 6.59. The maximum atomic E-state index is 13.6. The lowest BCUT2D eigenvalue weighted by Gasteiger charge is -2.20. The molecule has 0 unspecified atom stereocenters. The molecule has 3 aromatic rings. The van der Waals surface area contributed by atoms with Crippen molar-refractivity contribution in [3.05, 3.63) is 75.8 Å². The van der Waals surface area contributed by atoms with E-state index in [-0.39, 0.29) is 22.1 Å². The fraction of sp³-hybridized carbons (Fsp3) is 0.292. The maximum absolute atomic E-state index is 13.6. The highest BCUT2D eigenvalue weighted by atomic mass is 35.5. The van der Waals surface area contributed by atoms with Crippen molar-refractivity contribution in [3.63, 3.8) is 0 Å². The number of fused-ring (bicyclic) bond motifs is 1. The molecule has 4 rings (SSSR count). The molecule has 1 aliphatic rings. The predicted molar refractivity (Wildman–Crippen MR) is 124 cm³/mol. The lowest BCUT2D eigenvalue weighted by atomic mass is 10.1. The van der Waals surface area contributed by atoms with Gasteiger partial charge in [0.2, 0.25) is 10.0 Å². The van der Waals surface area contributed by atoms with Crippen molar-refractivity contribution in [1.82, 2.24) is 14.5 Å². The van der Waals surface area contributed by atoms with Crippen LogP contribution in [-0.4, -0.2) is 30.3 Å². The third-order valence-electron chi connectivity index (χ3n) is 5.11. The van der Waals surface area contributed by atoms with Gasteiger partial charge in [0.25, 0.3) is 0 Å². The normalized spacial score (nSPS) is 15.8. The molecule has 1 aromatic heterocycles. The molecule has 0 amide bonds. The summed E-state index contributed by atoms with van der Waals surface area (Å²) in [7, 11) is -3.56. The highest BCUT2D eigenvalue weighted by molar-refractivity contribution is 7.89. The highest BCUT2D eigenvalue weighted by Gasteiger charge is 2.25. The number of halogens is 2. The zero-order chi connectivity index (χ0) is 23.8. The average molecular weight is 488 g/mol. The number of hydrogen-bond donors (Lipinski definition) is 1. The summed E-state index contributed by atoms with van der Waals surface area (Å²) in [6.45, 7) is 5.88. The van der Waals surface area contributed by atoms with Crippen LogP contribution in [0.5, 0.6) is 0 Å². The molecule has 0 aliphatic carbocycles. The van der Waals surface area contributed by atoms with Gasteiger partial charge in [-0.1, -0.05) is 17.5 Å². The van der Waals surface area contributed by atoms with Crippen LogP contribution in [0.15, 0.2) is 47.4 Å². The van der Waals surface area contributed by atoms with E-state index in [4.69, 9.17) is 16.3 Å². The van der Waals surface area contributed by atoms with Crippen molar-refractivity contribution in [2.45, 2.75) is 50.8 Å². The Morgan fingerprint density at radius 2 is 1.94 bits per heavy atom. The Balaban J connectivity index is 1.68. The fourth-order valence-electron chi connectivity index (χ4n) is 3.56. The molecule has 6 nitrogen and oxygen atoms in total. The van der Waals surface area contributed by atoms with Crippen LogP contribution in [0, 0.1) is 17.7 Å². The van der Waals surface area contributed by atoms with Gasteiger partial charge in [-0.2, -0.15) is 5.10 Å². The van der Waals surface area contributed by atoms with Crippen molar-refractivity contribution in [2.24, 2.45) is 0 Å². The molecule has 1 aliphatic heterocycles. The molecule has 0 saturated carbocycles. The second-order valence-electron chi connectivity index (χ2n) is 8.16. The van der Waals surface area contributed by atoms with E-state index in [1.165, 1.54) is 24.3 Å². The quantitative estimate of drug-likeness (QED) is 0.559. The lowest BCUT2D eigenvalue weighted by molar-refractivity contribution is 0.0397. The molecule has 1 N–H and O–H groups in total. The first-order chi connectivity index (χ1) is 15.6. The summed E-state index contributed by atoms with van der Waals surface area (Å²) in [5.74, 6) is 5.63. The monoisotopic (exact) mass is 487 g/mol. The molecule has 9 heteroatoms. The molecule has 0 saturated heterocycles. The number of nitrogens with zero attached hydrogens (tertiary/aromatic N) is 2. The molecule has 2 heterocycles. The topological polar surface area (TPSA) is 73.2 Å². The van der Waals surface area contributed by atoms with E-state index in [9.17, 15) is 12.8 Å². The number of ether oxygens (including phenoxy) is 1. The van der Waals surface area contributed by atoms with E-state index in [1.54, 1.807) is 36.7 Å². The summed E-state index contributed by atoms with van der Waals surface area (Å²) in [6.07, 6.45) is 0.646. The number of rotatable bonds is 4. The number of benzene rings is 2. The molecule has 33 heavy (non-hydrogen) atoms. The summed E-state index contributed by atoms with van der Waals surface area (Å²) in [5.41, 5.74) is 3.67. The van der Waals surface area contributed by atoms with Gasteiger partial charge in [0.15, 0.2) is 0 Å². The zero-order valence-electron chi connectivity index (χ0n) is 18.4. The Hall–Kier alpha value is -2.70. The second-order valence-corrected chi connectivity index (χ2v) is 10.3. The molecule has 0 fully saturated rings. The maximum Gasteiger partial charge on any atom is 0.240 e. The highest BCUT2D eigenvalue weighted by Crippen LogP contribution is 2.28. The Labute approximate surface area is 197 Å². The third-order valence-corrected chi connectivity index (χ3v) is 7.08. The third kappa shape index (κ3) is 5.12. The van der Waals surface area contributed by atoms with Gasteiger partial charge in [-0.25, -0.2) is 22.2 Å². The van der Waals surface area contributed by atoms with Crippen molar-refractivity contribution in [1.29, 1.82) is 0 Å². The predicted octanol–water partition coefficient (Wildman–Crippen LogP) is 4.21. The molecule has 0 radical (unpaired) electrons. The van der Waals surface area contributed by atoms with Gasteiger partial charge < -0.3 is 4.74 Å². The molecule has 1 atom stereocenters. The van der Waals surface area contributed by atoms with E-state index >= 15 is 0 Å². The largest absolute Gasteiger partial charge is 0.373 e. The van der Waals surface area contributed by atoms with E-state index in [1.807, 2.05) is 6.92 Å². The smallest absolute Gasteiger partial charge is 0.240 e. The van der Waals surface area contributed by atoms with Crippen molar-refractivity contribution < 1.29 is 17.5 Å². The number of hydrogen-bond acceptors (Lipinski definition) is 4. The molecule has 172 valence electrons. The Morgan fingerprint density at radius 3 is 2.61 bits per heavy atom. The van der Waals surface area contributed by atoms with Crippen LogP contribution in [-0.2, 0) is 27.8 Å². The standard InChI is InChI=1S/C24H23ClFN3O3S/c1-15(2)28-33(30,31)19-8-4-17(5-9-19)6-11-23-20-14-32-16(3)12-24(20)29(27-23)18-7-10-22(26)21(25)13-18/h4-5,7-10,13,15-16,28H,12,14H2,1-3H3/t16-/m0/s1. The summed E-state index contributed by atoms with van der Waals surface area (Å²) < 4.78 is 48.3. The summed E-state index contributed by atoms with van der Waals surface area (Å²) in [5, 5.41) is 4.67. The van der Waals surface area contributed by atoms with Gasteiger partial charge in [0.1, 0.15) is 11.5 Å². The number of aromatic nitrogens is 2. The minimum absolute atomic E-state index is 0.0126. The van der Waals surface area contributed by atoms with Gasteiger partial charge >= 0.3 is 0 Å². The molecular formula is C24H23ClFN3O3S. The van der Waals surface area contributed by atoms with Gasteiger partial charge in [0, 0.05) is 23.6 Å². The van der Waals surface area contributed by atoms with Crippen molar-refractivity contribution >= 4 is 21.6 Å². The van der Waals surface area contributed by atoms with Crippen LogP contribution in [0.2, 0.25) is 5.02 Å². The lowest BCUT2D eigenvalue weighted by Crippen LogP contribution is -2.30. The second kappa shape index (κ2) is 9.27. The number of sulfonamides is 1. The SMILES string of the molecule is CC(C)NS(=O)(=O)c1ccc(C#Cc2nn(-c3ccc(F)c(Cl)c3)c3c2CO[C@@H](C)C3)cc1. The number of nitrogens with one attached hydrogen (secondary N) is 1. The Bertz CT molecular complexity index is 1360. The van der Waals surface area contributed by atoms with Gasteiger partial charge in [-0.3, -0.25) is 0 Å². The zero-order valence-corrected chi connectivity index (χ0v) is 20.0. The molecule has 2 aromatic carbocycles. The van der Waals surface area contributed by atoms with E-state index in [0.29, 0.717) is 30.0 Å². The summed E-state index contributed by atoms with van der Waals surface area (Å²) in [4.78, 5) is 0.180. The first-order valence-electron chi connectivity index (χ1n) is 10.5. The minimum Gasteiger partial charge on any atom is -0.373 e. The summed E-state index contributed by atoms with van der Waals surface area (Å²) in [6, 6.07) is 10.6. The van der Waals surface area contributed by atoms with Crippen molar-refractivity contribution in [2.75, 3.05) is 0 Å². The first kappa shape index (κ1) is 23.5. The fourth-order valence-corrected chi connectivity index (χ4v) is 4.99. The van der Waals surface area contributed by atoms with E-state index in [2.05, 4.69) is 21.7 Å². The van der Waals surface area contributed by atoms with Crippen LogP contribution in [0.25, 0.3) is 5.69 Å². The van der Waals surface area contributed by atoms with Crippen LogP contribution in [0.1, 0.15) is 43.3 Å². The minimum atomic E-state index is -3.56. The molecule has 0 spiro atoms. The first-order valence-corrected chi connectivity index (χ1v) is 12.3. The van der Waals surface area contributed by atoms with Crippen molar-refractivity contribution in [3.8, 4) is 17.5 Å². The van der Waals surface area contributed by atoms with Gasteiger partial charge in [0.05, 0.1) is 34.0 Å². The average Bonchev–Trinajstić information content (AvgIpc) is 3.11. The molecule has 0 bridgehead atoms. The van der Waals surface area contributed by atoms with E-state index < -0.39 is 15.8 Å². The Morgan fingerprint density at radius 1 is 1.21 bits per heavy atom. The molecular weight excluding hydrogens is 465 g/mol. The van der Waals surface area contributed by atoms with Gasteiger partial charge in [-0.15, -0.1) is 0 Å². The van der Waals surface area contributed by atoms with Crippen LogP contribution < -0.4 is 4.72 Å². The van der Waals surface area contributed by atoms with Gasteiger partial charge in [-0.05, 0) is 69.2 Å². The summed E-state index contributed by atoms with van der Waals surface area (Å²) >= 11 is 5.98. The van der Waals surface area contributed by atoms with E-state index in [0.717, 1.165) is 11.3 Å². The van der Waals surface area contributed by atoms with Crippen LogP contribution in [0.3, 0.4) is 0 Å². The van der Waals surface area contributed by atoms with Crippen LogP contribution in [0.4, 0.5) is 4.39 Å².